The Morgan fingerprint density at radius 3 is 2.39 bits per heavy atom. The lowest BCUT2D eigenvalue weighted by Gasteiger charge is -2.63. The smallest absolute Gasteiger partial charge is 0.138 e. The van der Waals surface area contributed by atoms with Gasteiger partial charge in [-0.3, -0.25) is 4.79 Å². The zero-order valence-electron chi connectivity index (χ0n) is 22.4. The molecule has 33 heavy (non-hydrogen) atoms. The number of allylic oxidation sites excluding steroid dienone is 2. The summed E-state index contributed by atoms with van der Waals surface area (Å²) in [7, 11) is 0. The summed E-state index contributed by atoms with van der Waals surface area (Å²) >= 11 is 0. The quantitative estimate of drug-likeness (QED) is 0.476. The van der Waals surface area contributed by atoms with Crippen molar-refractivity contribution in [2.24, 2.45) is 45.3 Å². The van der Waals surface area contributed by atoms with E-state index in [9.17, 15) is 15.0 Å². The number of ketones is 1. The fourth-order valence-electron chi connectivity index (χ4n) is 9.14. The summed E-state index contributed by atoms with van der Waals surface area (Å²) in [5.74, 6) is 2.09. The van der Waals surface area contributed by atoms with Gasteiger partial charge in [0.05, 0.1) is 11.7 Å². The molecule has 0 aromatic heterocycles. The molecule has 4 aliphatic carbocycles. The number of Topliss-reactive ketones (excluding diaryl/α,β-unsaturated/α-hetero) is 1. The monoisotopic (exact) mass is 456 g/mol. The first-order chi connectivity index (χ1) is 15.1. The summed E-state index contributed by atoms with van der Waals surface area (Å²) in [6.07, 6.45) is 13.1. The van der Waals surface area contributed by atoms with Crippen LogP contribution in [0.2, 0.25) is 0 Å². The number of fused-ring (bicyclic) bond motifs is 5. The molecule has 0 unspecified atom stereocenters. The molecule has 3 heteroatoms. The van der Waals surface area contributed by atoms with Crippen LogP contribution in [0.25, 0.3) is 0 Å². The van der Waals surface area contributed by atoms with E-state index in [-0.39, 0.29) is 27.6 Å². The van der Waals surface area contributed by atoms with E-state index in [1.54, 1.807) is 25.5 Å². The van der Waals surface area contributed by atoms with E-state index in [1.165, 1.54) is 19.3 Å². The van der Waals surface area contributed by atoms with E-state index >= 15 is 0 Å². The fraction of sp³-hybridized carbons (Fsp3) is 0.833. The van der Waals surface area contributed by atoms with Gasteiger partial charge in [0.25, 0.3) is 0 Å². The number of aliphatic hydroxyl groups is 2. The summed E-state index contributed by atoms with van der Waals surface area (Å²) in [5.41, 5.74) is 1.10. The summed E-state index contributed by atoms with van der Waals surface area (Å²) < 4.78 is 0. The van der Waals surface area contributed by atoms with Crippen molar-refractivity contribution < 1.29 is 15.0 Å². The first kappa shape index (κ1) is 25.2. The van der Waals surface area contributed by atoms with Gasteiger partial charge in [0.2, 0.25) is 0 Å². The van der Waals surface area contributed by atoms with Gasteiger partial charge >= 0.3 is 0 Å². The van der Waals surface area contributed by atoms with E-state index in [2.05, 4.69) is 47.6 Å². The van der Waals surface area contributed by atoms with Gasteiger partial charge in [0.15, 0.2) is 0 Å². The summed E-state index contributed by atoms with van der Waals surface area (Å²) in [4.78, 5) is 12.8. The van der Waals surface area contributed by atoms with Crippen LogP contribution in [0.4, 0.5) is 0 Å². The average molecular weight is 457 g/mol. The maximum Gasteiger partial charge on any atom is 0.138 e. The minimum absolute atomic E-state index is 0.158. The number of hydrogen-bond acceptors (Lipinski definition) is 3. The molecule has 3 nitrogen and oxygen atoms in total. The maximum atomic E-state index is 12.8. The summed E-state index contributed by atoms with van der Waals surface area (Å²) in [6.45, 7) is 17.6. The molecule has 0 radical (unpaired) electrons. The second kappa shape index (κ2) is 7.79. The third-order valence-electron chi connectivity index (χ3n) is 11.5. The predicted molar refractivity (Wildman–Crippen MR) is 135 cm³/mol. The van der Waals surface area contributed by atoms with E-state index < -0.39 is 11.7 Å². The van der Waals surface area contributed by atoms with Gasteiger partial charge in [-0.25, -0.2) is 0 Å². The minimum atomic E-state index is -0.902. The van der Waals surface area contributed by atoms with Crippen LogP contribution in [-0.2, 0) is 4.79 Å². The molecule has 8 atom stereocenters. The molecule has 0 bridgehead atoms. The minimum Gasteiger partial charge on any atom is -0.389 e. The lowest BCUT2D eigenvalue weighted by Crippen LogP contribution is -2.57. The van der Waals surface area contributed by atoms with Gasteiger partial charge < -0.3 is 10.2 Å². The topological polar surface area (TPSA) is 57.5 Å². The van der Waals surface area contributed by atoms with Crippen molar-refractivity contribution in [3.8, 4) is 0 Å². The zero-order chi connectivity index (χ0) is 24.6. The maximum absolute atomic E-state index is 12.8. The predicted octanol–water partition coefficient (Wildman–Crippen LogP) is 6.48. The normalized spacial score (nSPS) is 44.6. The van der Waals surface area contributed by atoms with Crippen molar-refractivity contribution in [3.05, 3.63) is 23.8 Å². The Labute approximate surface area is 202 Å². The number of carbonyl (C=O) groups is 1. The van der Waals surface area contributed by atoms with Crippen molar-refractivity contribution in [1.82, 2.24) is 0 Å². The Bertz CT molecular complexity index is 860. The first-order valence-electron chi connectivity index (χ1n) is 13.4. The Hall–Kier alpha value is -0.930. The van der Waals surface area contributed by atoms with Crippen LogP contribution < -0.4 is 0 Å². The Kier molecular flexibility index (Phi) is 5.94. The highest BCUT2D eigenvalue weighted by atomic mass is 16.3. The molecule has 0 amide bonds. The Morgan fingerprint density at radius 2 is 1.76 bits per heavy atom. The van der Waals surface area contributed by atoms with E-state index in [1.807, 2.05) is 6.08 Å². The number of rotatable bonds is 4. The zero-order valence-corrected chi connectivity index (χ0v) is 22.4. The highest BCUT2D eigenvalue weighted by Gasteiger charge is 2.65. The van der Waals surface area contributed by atoms with Crippen molar-refractivity contribution in [3.63, 3.8) is 0 Å². The lowest BCUT2D eigenvalue weighted by atomic mass is 9.41. The number of aliphatic hydroxyl groups excluding tert-OH is 1. The second-order valence-corrected chi connectivity index (χ2v) is 13.9. The molecule has 0 aliphatic heterocycles. The van der Waals surface area contributed by atoms with Crippen LogP contribution in [0.15, 0.2) is 23.8 Å². The lowest BCUT2D eigenvalue weighted by molar-refractivity contribution is -0.146. The van der Waals surface area contributed by atoms with Crippen LogP contribution in [0.3, 0.4) is 0 Å². The Balaban J connectivity index is 1.65. The molecule has 4 rings (SSSR count). The van der Waals surface area contributed by atoms with Crippen LogP contribution in [0.1, 0.15) is 100 Å². The van der Waals surface area contributed by atoms with Gasteiger partial charge in [-0.1, -0.05) is 65.3 Å². The van der Waals surface area contributed by atoms with Crippen LogP contribution >= 0.6 is 0 Å². The summed E-state index contributed by atoms with van der Waals surface area (Å²) in [6, 6.07) is 0. The van der Waals surface area contributed by atoms with Gasteiger partial charge in [-0.2, -0.15) is 0 Å². The van der Waals surface area contributed by atoms with Crippen molar-refractivity contribution in [2.75, 3.05) is 0 Å². The molecule has 4 aliphatic rings. The van der Waals surface area contributed by atoms with E-state index in [0.29, 0.717) is 23.5 Å². The largest absolute Gasteiger partial charge is 0.389 e. The van der Waals surface area contributed by atoms with Crippen molar-refractivity contribution in [1.29, 1.82) is 0 Å². The molecule has 0 saturated heterocycles. The number of hydrogen-bond donors (Lipinski definition) is 2. The molecular formula is C30H48O3. The van der Waals surface area contributed by atoms with Crippen molar-refractivity contribution >= 4 is 5.78 Å². The van der Waals surface area contributed by atoms with E-state index in [4.69, 9.17) is 0 Å². The molecule has 3 saturated carbocycles. The van der Waals surface area contributed by atoms with Crippen molar-refractivity contribution in [2.45, 2.75) is 112 Å². The molecule has 0 heterocycles. The Morgan fingerprint density at radius 1 is 1.09 bits per heavy atom. The molecule has 0 aromatic rings. The molecular weight excluding hydrogens is 408 g/mol. The third kappa shape index (κ3) is 3.63. The van der Waals surface area contributed by atoms with Gasteiger partial charge in [0.1, 0.15) is 5.78 Å². The molecule has 0 aromatic carbocycles. The second-order valence-electron chi connectivity index (χ2n) is 13.9. The van der Waals surface area contributed by atoms with Crippen LogP contribution in [-0.4, -0.2) is 27.7 Å². The van der Waals surface area contributed by atoms with Gasteiger partial charge in [0, 0.05) is 11.8 Å². The molecule has 186 valence electrons. The third-order valence-corrected chi connectivity index (χ3v) is 11.5. The average Bonchev–Trinajstić information content (AvgIpc) is 3.00. The first-order valence-corrected chi connectivity index (χ1v) is 13.4. The SMILES string of the molecule is C[C@@H]([C@@H](O)/C=C/C(C)(C)O)[C@@H]1CC[C@]2(C)C3=CC[C@H]4C(C)(C)C(=O)CC[C@]4(C)[C@H]3CC[C@@]12C. The van der Waals surface area contributed by atoms with Gasteiger partial charge in [-0.05, 0) is 92.3 Å². The van der Waals surface area contributed by atoms with Crippen LogP contribution in [0, 0.1) is 45.3 Å². The highest BCUT2D eigenvalue weighted by molar-refractivity contribution is 5.85. The number of carbonyl (C=O) groups excluding carboxylic acids is 1. The summed E-state index contributed by atoms with van der Waals surface area (Å²) in [5, 5.41) is 21.1. The molecule has 2 N–H and O–H groups in total. The molecule has 0 spiro atoms. The molecule has 3 fully saturated rings. The van der Waals surface area contributed by atoms with Crippen LogP contribution in [0.5, 0.6) is 0 Å². The van der Waals surface area contributed by atoms with E-state index in [0.717, 1.165) is 25.7 Å². The highest BCUT2D eigenvalue weighted by Crippen LogP contribution is 2.73. The van der Waals surface area contributed by atoms with Gasteiger partial charge in [-0.15, -0.1) is 0 Å². The fourth-order valence-corrected chi connectivity index (χ4v) is 9.14. The standard InChI is InChI=1S/C30H48O3/c1-19(23(31)13-15-26(2,3)33)20-11-17-30(8)22-9-10-24-27(4,5)25(32)14-16-28(24,6)21(22)12-18-29(20,30)7/h9,13,15,19-21,23-24,31,33H,10-12,14,16-18H2,1-8H3/b15-13+/t19-,20+,21+,23+,24+,28-,29+,30-/m1/s1.